The lowest BCUT2D eigenvalue weighted by molar-refractivity contribution is 0.0464. The molecule has 1 aliphatic heterocycles. The Morgan fingerprint density at radius 3 is 2.54 bits per heavy atom. The maximum absolute atomic E-state index is 12.5. The van der Waals surface area contributed by atoms with Crippen molar-refractivity contribution in [2.75, 3.05) is 18.8 Å². The SMILES string of the molecule is Nc1cccc(C(=O)N2CCC([C@H](O)Cc3ccccc3)CC2)n1. The molecule has 2 aromatic rings. The molecule has 1 amide bonds. The average Bonchev–Trinajstić information content (AvgIpc) is 2.62. The van der Waals surface area contributed by atoms with Gasteiger partial charge in [0.15, 0.2) is 0 Å². The second-order valence-electron chi connectivity index (χ2n) is 6.33. The third-order valence-electron chi connectivity index (χ3n) is 4.65. The number of pyridine rings is 1. The summed E-state index contributed by atoms with van der Waals surface area (Å²) < 4.78 is 0. The van der Waals surface area contributed by atoms with Gasteiger partial charge in [-0.2, -0.15) is 0 Å². The molecule has 3 N–H and O–H groups in total. The first-order valence-corrected chi connectivity index (χ1v) is 8.37. The largest absolute Gasteiger partial charge is 0.392 e. The maximum atomic E-state index is 12.5. The molecule has 0 aliphatic carbocycles. The Kier molecular flexibility index (Phi) is 5.11. The zero-order chi connectivity index (χ0) is 16.9. The van der Waals surface area contributed by atoms with E-state index in [1.807, 2.05) is 30.3 Å². The minimum absolute atomic E-state index is 0.0849. The van der Waals surface area contributed by atoms with Gasteiger partial charge < -0.3 is 15.7 Å². The molecule has 0 saturated carbocycles. The summed E-state index contributed by atoms with van der Waals surface area (Å²) in [6.45, 7) is 1.29. The summed E-state index contributed by atoms with van der Waals surface area (Å²) in [5.74, 6) is 0.496. The number of aliphatic hydroxyl groups excluding tert-OH is 1. The molecule has 0 spiro atoms. The van der Waals surface area contributed by atoms with Crippen molar-refractivity contribution in [3.05, 3.63) is 59.8 Å². The Morgan fingerprint density at radius 1 is 1.17 bits per heavy atom. The van der Waals surface area contributed by atoms with Gasteiger partial charge in [0.25, 0.3) is 5.91 Å². The molecule has 1 aromatic heterocycles. The predicted octanol–water partition coefficient (Wildman–Crippen LogP) is 2.12. The summed E-state index contributed by atoms with van der Waals surface area (Å²) >= 11 is 0. The zero-order valence-corrected chi connectivity index (χ0v) is 13.6. The van der Waals surface area contributed by atoms with Crippen molar-refractivity contribution in [1.29, 1.82) is 0 Å². The number of nitrogen functional groups attached to an aromatic ring is 1. The van der Waals surface area contributed by atoms with Crippen molar-refractivity contribution < 1.29 is 9.90 Å². The third-order valence-corrected chi connectivity index (χ3v) is 4.65. The molecule has 0 unspecified atom stereocenters. The van der Waals surface area contributed by atoms with E-state index < -0.39 is 0 Å². The van der Waals surface area contributed by atoms with Gasteiger partial charge in [-0.3, -0.25) is 4.79 Å². The number of aromatic nitrogens is 1. The number of amides is 1. The van der Waals surface area contributed by atoms with Crippen molar-refractivity contribution in [2.45, 2.75) is 25.4 Å². The Balaban J connectivity index is 1.54. The first kappa shape index (κ1) is 16.5. The molecule has 0 radical (unpaired) electrons. The van der Waals surface area contributed by atoms with E-state index in [9.17, 15) is 9.90 Å². The number of rotatable bonds is 4. The van der Waals surface area contributed by atoms with Gasteiger partial charge in [-0.1, -0.05) is 36.4 Å². The number of piperidine rings is 1. The third kappa shape index (κ3) is 3.92. The molecule has 1 saturated heterocycles. The molecule has 0 bridgehead atoms. The Labute approximate surface area is 142 Å². The van der Waals surface area contributed by atoms with Crippen molar-refractivity contribution in [1.82, 2.24) is 9.88 Å². The minimum Gasteiger partial charge on any atom is -0.392 e. The van der Waals surface area contributed by atoms with Gasteiger partial charge >= 0.3 is 0 Å². The highest BCUT2D eigenvalue weighted by Gasteiger charge is 2.28. The quantitative estimate of drug-likeness (QED) is 0.902. The van der Waals surface area contributed by atoms with E-state index in [4.69, 9.17) is 5.73 Å². The molecule has 1 aliphatic rings. The predicted molar refractivity (Wildman–Crippen MR) is 93.4 cm³/mol. The van der Waals surface area contributed by atoms with Crippen LogP contribution in [0.3, 0.4) is 0 Å². The molecule has 3 rings (SSSR count). The van der Waals surface area contributed by atoms with Crippen LogP contribution in [-0.4, -0.2) is 40.1 Å². The Hall–Kier alpha value is -2.40. The van der Waals surface area contributed by atoms with Crippen LogP contribution in [0, 0.1) is 5.92 Å². The lowest BCUT2D eigenvalue weighted by Crippen LogP contribution is -2.42. The van der Waals surface area contributed by atoms with Crippen LogP contribution < -0.4 is 5.73 Å². The summed E-state index contributed by atoms with van der Waals surface area (Å²) in [4.78, 5) is 18.4. The highest BCUT2D eigenvalue weighted by atomic mass is 16.3. The molecular formula is C19H23N3O2. The summed E-state index contributed by atoms with van der Waals surface area (Å²) in [6.07, 6.45) is 1.91. The van der Waals surface area contributed by atoms with Crippen molar-refractivity contribution >= 4 is 11.7 Å². The van der Waals surface area contributed by atoms with Crippen LogP contribution in [0.5, 0.6) is 0 Å². The van der Waals surface area contributed by atoms with Gasteiger partial charge in [0.2, 0.25) is 0 Å². The van der Waals surface area contributed by atoms with Crippen LogP contribution in [0.2, 0.25) is 0 Å². The molecule has 5 nitrogen and oxygen atoms in total. The van der Waals surface area contributed by atoms with Crippen LogP contribution in [0.1, 0.15) is 28.9 Å². The number of carbonyl (C=O) groups excluding carboxylic acids is 1. The molecule has 5 heteroatoms. The number of carbonyl (C=O) groups is 1. The lowest BCUT2D eigenvalue weighted by Gasteiger charge is -2.34. The van der Waals surface area contributed by atoms with Crippen molar-refractivity contribution in [3.63, 3.8) is 0 Å². The number of hydrogen-bond acceptors (Lipinski definition) is 4. The molecule has 126 valence electrons. The maximum Gasteiger partial charge on any atom is 0.272 e. The first-order chi connectivity index (χ1) is 11.6. The topological polar surface area (TPSA) is 79.5 Å². The Morgan fingerprint density at radius 2 is 1.88 bits per heavy atom. The van der Waals surface area contributed by atoms with E-state index in [-0.39, 0.29) is 17.9 Å². The highest BCUT2D eigenvalue weighted by Crippen LogP contribution is 2.24. The van der Waals surface area contributed by atoms with Crippen molar-refractivity contribution in [2.24, 2.45) is 5.92 Å². The zero-order valence-electron chi connectivity index (χ0n) is 13.6. The van der Waals surface area contributed by atoms with Crippen LogP contribution in [-0.2, 0) is 6.42 Å². The summed E-state index contributed by atoms with van der Waals surface area (Å²) in [5, 5.41) is 10.5. The standard InChI is InChI=1S/C19H23N3O2/c20-18-8-4-7-16(21-18)19(24)22-11-9-15(10-12-22)17(23)13-14-5-2-1-3-6-14/h1-8,15,17,23H,9-13H2,(H2,20,21)/t17-/m1/s1. The van der Waals surface area contributed by atoms with Gasteiger partial charge in [0, 0.05) is 13.1 Å². The summed E-state index contributed by atoms with van der Waals surface area (Å²) in [5.41, 5.74) is 7.18. The second kappa shape index (κ2) is 7.45. The summed E-state index contributed by atoms with van der Waals surface area (Å²) in [7, 11) is 0. The molecule has 24 heavy (non-hydrogen) atoms. The first-order valence-electron chi connectivity index (χ1n) is 8.37. The monoisotopic (exact) mass is 325 g/mol. The lowest BCUT2D eigenvalue weighted by atomic mass is 9.88. The van der Waals surface area contributed by atoms with E-state index in [2.05, 4.69) is 4.98 Å². The number of likely N-dealkylation sites (tertiary alicyclic amines) is 1. The fourth-order valence-corrected chi connectivity index (χ4v) is 3.24. The van der Waals surface area contributed by atoms with E-state index >= 15 is 0 Å². The molecular weight excluding hydrogens is 302 g/mol. The van der Waals surface area contributed by atoms with Gasteiger partial charge in [0.05, 0.1) is 6.10 Å². The van der Waals surface area contributed by atoms with E-state index in [1.54, 1.807) is 23.1 Å². The number of anilines is 1. The summed E-state index contributed by atoms with van der Waals surface area (Å²) in [6, 6.07) is 15.1. The van der Waals surface area contributed by atoms with E-state index in [0.717, 1.165) is 18.4 Å². The minimum atomic E-state index is -0.366. The van der Waals surface area contributed by atoms with Gasteiger partial charge in [-0.15, -0.1) is 0 Å². The Bertz CT molecular complexity index is 682. The average molecular weight is 325 g/mol. The van der Waals surface area contributed by atoms with E-state index in [0.29, 0.717) is 31.0 Å². The van der Waals surface area contributed by atoms with Gasteiger partial charge in [-0.05, 0) is 42.9 Å². The number of hydrogen-bond donors (Lipinski definition) is 2. The molecule has 1 aromatic carbocycles. The van der Waals surface area contributed by atoms with Crippen LogP contribution in [0.4, 0.5) is 5.82 Å². The van der Waals surface area contributed by atoms with Gasteiger partial charge in [0.1, 0.15) is 11.5 Å². The molecule has 2 heterocycles. The number of aliphatic hydroxyl groups is 1. The van der Waals surface area contributed by atoms with Gasteiger partial charge in [-0.25, -0.2) is 4.98 Å². The second-order valence-corrected chi connectivity index (χ2v) is 6.33. The van der Waals surface area contributed by atoms with Crippen molar-refractivity contribution in [3.8, 4) is 0 Å². The van der Waals surface area contributed by atoms with Crippen LogP contribution >= 0.6 is 0 Å². The van der Waals surface area contributed by atoms with E-state index in [1.165, 1.54) is 0 Å². The smallest absolute Gasteiger partial charge is 0.272 e. The number of nitrogens with two attached hydrogens (primary N) is 1. The number of nitrogens with zero attached hydrogens (tertiary/aromatic N) is 2. The van der Waals surface area contributed by atoms with Crippen LogP contribution in [0.25, 0.3) is 0 Å². The molecule has 1 fully saturated rings. The number of benzene rings is 1. The highest BCUT2D eigenvalue weighted by molar-refractivity contribution is 5.92. The van der Waals surface area contributed by atoms with Crippen LogP contribution in [0.15, 0.2) is 48.5 Å². The fourth-order valence-electron chi connectivity index (χ4n) is 3.24. The normalized spacial score (nSPS) is 16.8. The molecule has 1 atom stereocenters. The fraction of sp³-hybridized carbons (Fsp3) is 0.368.